The number of benzene rings is 1. The van der Waals surface area contributed by atoms with E-state index in [1.807, 2.05) is 4.68 Å². The summed E-state index contributed by atoms with van der Waals surface area (Å²) in [7, 11) is 0. The van der Waals surface area contributed by atoms with E-state index in [4.69, 9.17) is 5.73 Å². The first kappa shape index (κ1) is 10.3. The molecule has 3 rings (SSSR count). The molecule has 0 amide bonds. The Bertz CT molecular complexity index is 517. The minimum Gasteiger partial charge on any atom is -0.366 e. The summed E-state index contributed by atoms with van der Waals surface area (Å²) in [6.45, 7) is 2.19. The lowest BCUT2D eigenvalue weighted by Crippen LogP contribution is -2.24. The SMILES string of the molecule is CC1C(c2ccccc2)CCc2nc(N)nn21. The second-order valence-electron chi connectivity index (χ2n) is 4.63. The third-order valence-electron chi connectivity index (χ3n) is 3.59. The largest absolute Gasteiger partial charge is 0.366 e. The van der Waals surface area contributed by atoms with Crippen LogP contribution in [0.25, 0.3) is 0 Å². The van der Waals surface area contributed by atoms with E-state index in [-0.39, 0.29) is 0 Å². The van der Waals surface area contributed by atoms with Gasteiger partial charge >= 0.3 is 0 Å². The minimum absolute atomic E-state index is 0.325. The molecule has 0 bridgehead atoms. The molecule has 4 nitrogen and oxygen atoms in total. The van der Waals surface area contributed by atoms with Crippen molar-refractivity contribution in [3.05, 3.63) is 41.7 Å². The Morgan fingerprint density at radius 1 is 1.29 bits per heavy atom. The van der Waals surface area contributed by atoms with Crippen LogP contribution in [0.1, 0.15) is 36.7 Å². The third-order valence-corrected chi connectivity index (χ3v) is 3.59. The van der Waals surface area contributed by atoms with Gasteiger partial charge < -0.3 is 5.73 Å². The number of aromatic nitrogens is 3. The van der Waals surface area contributed by atoms with Gasteiger partial charge in [-0.1, -0.05) is 30.3 Å². The molecular formula is C13H16N4. The Kier molecular flexibility index (Phi) is 2.35. The summed E-state index contributed by atoms with van der Waals surface area (Å²) in [5.74, 6) is 1.91. The number of nitrogens with two attached hydrogens (primary N) is 1. The van der Waals surface area contributed by atoms with Gasteiger partial charge in [-0.2, -0.15) is 4.98 Å². The van der Waals surface area contributed by atoms with Crippen LogP contribution >= 0.6 is 0 Å². The number of rotatable bonds is 1. The predicted octanol–water partition coefficient (Wildman–Crippen LogP) is 2.15. The third kappa shape index (κ3) is 1.69. The molecule has 2 heterocycles. The van der Waals surface area contributed by atoms with Gasteiger partial charge in [-0.15, -0.1) is 5.10 Å². The number of fused-ring (bicyclic) bond motifs is 1. The fourth-order valence-corrected chi connectivity index (χ4v) is 2.71. The molecule has 0 aliphatic carbocycles. The smallest absolute Gasteiger partial charge is 0.239 e. The molecule has 1 aliphatic heterocycles. The fraction of sp³-hybridized carbons (Fsp3) is 0.385. The van der Waals surface area contributed by atoms with Crippen LogP contribution in [0.15, 0.2) is 30.3 Å². The predicted molar refractivity (Wildman–Crippen MR) is 66.6 cm³/mol. The van der Waals surface area contributed by atoms with Crippen LogP contribution in [-0.2, 0) is 6.42 Å². The number of aryl methyl sites for hydroxylation is 1. The quantitative estimate of drug-likeness (QED) is 0.813. The zero-order valence-electron chi connectivity index (χ0n) is 9.87. The summed E-state index contributed by atoms with van der Waals surface area (Å²) >= 11 is 0. The first-order valence-corrected chi connectivity index (χ1v) is 6.01. The molecule has 2 atom stereocenters. The number of hydrogen-bond donors (Lipinski definition) is 1. The average molecular weight is 228 g/mol. The van der Waals surface area contributed by atoms with E-state index in [1.54, 1.807) is 0 Å². The minimum atomic E-state index is 0.325. The topological polar surface area (TPSA) is 56.7 Å². The van der Waals surface area contributed by atoms with E-state index >= 15 is 0 Å². The van der Waals surface area contributed by atoms with Crippen LogP contribution in [-0.4, -0.2) is 14.8 Å². The highest BCUT2D eigenvalue weighted by Gasteiger charge is 2.29. The zero-order chi connectivity index (χ0) is 11.8. The molecule has 2 N–H and O–H groups in total. The lowest BCUT2D eigenvalue weighted by Gasteiger charge is -2.29. The van der Waals surface area contributed by atoms with Crippen molar-refractivity contribution in [1.82, 2.24) is 14.8 Å². The van der Waals surface area contributed by atoms with Crippen LogP contribution in [0.2, 0.25) is 0 Å². The molecule has 0 spiro atoms. The average Bonchev–Trinajstić information content (AvgIpc) is 2.72. The summed E-state index contributed by atoms with van der Waals surface area (Å²) in [6, 6.07) is 10.9. The molecule has 0 saturated carbocycles. The lowest BCUT2D eigenvalue weighted by molar-refractivity contribution is 0.338. The van der Waals surface area contributed by atoms with Gasteiger partial charge in [0.15, 0.2) is 0 Å². The molecule has 1 aromatic heterocycles. The first-order valence-electron chi connectivity index (χ1n) is 6.01. The number of nitrogen functional groups attached to an aromatic ring is 1. The molecule has 0 saturated heterocycles. The highest BCUT2D eigenvalue weighted by Crippen LogP contribution is 2.36. The van der Waals surface area contributed by atoms with Crippen molar-refractivity contribution in [2.45, 2.75) is 31.7 Å². The van der Waals surface area contributed by atoms with E-state index < -0.39 is 0 Å². The van der Waals surface area contributed by atoms with Gasteiger partial charge in [-0.3, -0.25) is 0 Å². The Labute approximate surface area is 100 Å². The maximum atomic E-state index is 5.66. The van der Waals surface area contributed by atoms with Gasteiger partial charge in [0.05, 0.1) is 6.04 Å². The summed E-state index contributed by atoms with van der Waals surface area (Å²) in [5, 5.41) is 4.29. The summed E-state index contributed by atoms with van der Waals surface area (Å²) < 4.78 is 1.98. The van der Waals surface area contributed by atoms with Crippen molar-refractivity contribution >= 4 is 5.95 Å². The van der Waals surface area contributed by atoms with Gasteiger partial charge in [-0.05, 0) is 18.9 Å². The molecule has 0 radical (unpaired) electrons. The summed E-state index contributed by atoms with van der Waals surface area (Å²) in [4.78, 5) is 4.26. The van der Waals surface area contributed by atoms with Crippen LogP contribution in [0.5, 0.6) is 0 Å². The molecule has 17 heavy (non-hydrogen) atoms. The molecule has 88 valence electrons. The second-order valence-corrected chi connectivity index (χ2v) is 4.63. The molecule has 1 aromatic carbocycles. The van der Waals surface area contributed by atoms with Crippen molar-refractivity contribution in [2.75, 3.05) is 5.73 Å². The summed E-state index contributed by atoms with van der Waals surface area (Å²) in [5.41, 5.74) is 7.04. The van der Waals surface area contributed by atoms with Gasteiger partial charge in [0.1, 0.15) is 5.82 Å². The van der Waals surface area contributed by atoms with E-state index in [9.17, 15) is 0 Å². The monoisotopic (exact) mass is 228 g/mol. The molecule has 1 aliphatic rings. The molecule has 2 aromatic rings. The fourth-order valence-electron chi connectivity index (χ4n) is 2.71. The van der Waals surface area contributed by atoms with Crippen molar-refractivity contribution < 1.29 is 0 Å². The van der Waals surface area contributed by atoms with Crippen LogP contribution in [0.3, 0.4) is 0 Å². The second kappa shape index (κ2) is 3.87. The van der Waals surface area contributed by atoms with E-state index in [0.717, 1.165) is 18.7 Å². The lowest BCUT2D eigenvalue weighted by atomic mass is 9.86. The zero-order valence-corrected chi connectivity index (χ0v) is 9.87. The van der Waals surface area contributed by atoms with E-state index in [0.29, 0.717) is 17.9 Å². The highest BCUT2D eigenvalue weighted by atomic mass is 15.4. The molecule has 4 heteroatoms. The van der Waals surface area contributed by atoms with Crippen molar-refractivity contribution in [2.24, 2.45) is 0 Å². The Morgan fingerprint density at radius 3 is 2.82 bits per heavy atom. The number of anilines is 1. The standard InChI is InChI=1S/C13H16N4/c1-9-11(10-5-3-2-4-6-10)7-8-12-15-13(14)16-17(9)12/h2-6,9,11H,7-8H2,1H3,(H2,14,16). The van der Waals surface area contributed by atoms with Gasteiger partial charge in [0, 0.05) is 12.3 Å². The Hall–Kier alpha value is -1.84. The van der Waals surface area contributed by atoms with E-state index in [2.05, 4.69) is 47.3 Å². The van der Waals surface area contributed by atoms with Crippen molar-refractivity contribution in [3.63, 3.8) is 0 Å². The Balaban J connectivity index is 1.96. The van der Waals surface area contributed by atoms with Gasteiger partial charge in [0.25, 0.3) is 0 Å². The maximum absolute atomic E-state index is 5.66. The Morgan fingerprint density at radius 2 is 2.06 bits per heavy atom. The van der Waals surface area contributed by atoms with Gasteiger partial charge in [0.2, 0.25) is 5.95 Å². The molecular weight excluding hydrogens is 212 g/mol. The normalized spacial score (nSPS) is 23.4. The molecule has 2 unspecified atom stereocenters. The number of hydrogen-bond acceptors (Lipinski definition) is 3. The maximum Gasteiger partial charge on any atom is 0.239 e. The van der Waals surface area contributed by atoms with Crippen LogP contribution in [0.4, 0.5) is 5.95 Å². The van der Waals surface area contributed by atoms with Crippen molar-refractivity contribution in [3.8, 4) is 0 Å². The van der Waals surface area contributed by atoms with Gasteiger partial charge in [-0.25, -0.2) is 4.68 Å². The number of nitrogens with zero attached hydrogens (tertiary/aromatic N) is 3. The first-order chi connectivity index (χ1) is 8.25. The summed E-state index contributed by atoms with van der Waals surface area (Å²) in [6.07, 6.45) is 2.07. The molecule has 0 fully saturated rings. The highest BCUT2D eigenvalue weighted by molar-refractivity contribution is 5.24. The van der Waals surface area contributed by atoms with E-state index in [1.165, 1.54) is 5.56 Å². The van der Waals surface area contributed by atoms with Crippen LogP contribution in [0, 0.1) is 0 Å². The van der Waals surface area contributed by atoms with Crippen molar-refractivity contribution in [1.29, 1.82) is 0 Å². The van der Waals surface area contributed by atoms with Crippen LogP contribution < -0.4 is 5.73 Å².